The van der Waals surface area contributed by atoms with Crippen LogP contribution >= 0.6 is 23.1 Å². The van der Waals surface area contributed by atoms with Gasteiger partial charge in [0.1, 0.15) is 0 Å². The Hall–Kier alpha value is -7.89. The van der Waals surface area contributed by atoms with E-state index in [-0.39, 0.29) is 0 Å². The minimum Gasteiger partial charge on any atom is -0.310 e. The first-order valence-electron chi connectivity index (χ1n) is 23.0. The average molecular weight is 887 g/mol. The lowest BCUT2D eigenvalue weighted by Crippen LogP contribution is -2.36. The van der Waals surface area contributed by atoms with E-state index in [1.165, 1.54) is 112 Å². The van der Waals surface area contributed by atoms with E-state index >= 15 is 0 Å². The van der Waals surface area contributed by atoms with Gasteiger partial charge in [0.15, 0.2) is 0 Å². The van der Waals surface area contributed by atoms with Crippen molar-refractivity contribution in [3.8, 4) is 16.8 Å². The molecule has 0 amide bonds. The van der Waals surface area contributed by atoms with E-state index in [1.807, 2.05) is 23.1 Å². The maximum Gasteiger partial charge on any atom is 0.0736 e. The molecule has 1 spiro atoms. The molecule has 312 valence electrons. The van der Waals surface area contributed by atoms with Gasteiger partial charge >= 0.3 is 0 Å². The Labute approximate surface area is 395 Å². The van der Waals surface area contributed by atoms with Gasteiger partial charge in [0.2, 0.25) is 0 Å². The fourth-order valence-corrected chi connectivity index (χ4v) is 14.3. The molecule has 1 aliphatic heterocycles. The number of thiophene rings is 1. The van der Waals surface area contributed by atoms with Crippen molar-refractivity contribution in [1.82, 2.24) is 4.57 Å². The second-order valence-electron chi connectivity index (χ2n) is 17.9. The summed E-state index contributed by atoms with van der Waals surface area (Å²) in [5, 5.41) is 10.1. The predicted octanol–water partition coefficient (Wildman–Crippen LogP) is 17.8. The number of benzene rings is 11. The van der Waals surface area contributed by atoms with Gasteiger partial charge in [0.25, 0.3) is 0 Å². The molecule has 0 saturated heterocycles. The normalized spacial score (nSPS) is 13.4. The third kappa shape index (κ3) is 5.12. The molecule has 13 aromatic rings. The lowest BCUT2D eigenvalue weighted by molar-refractivity contribution is 0.707. The zero-order chi connectivity index (χ0) is 43.8. The van der Waals surface area contributed by atoms with Gasteiger partial charge < -0.3 is 9.47 Å². The maximum absolute atomic E-state index is 2.55. The zero-order valence-electron chi connectivity index (χ0n) is 36.2. The molecule has 3 heterocycles. The van der Waals surface area contributed by atoms with Crippen LogP contribution in [0.5, 0.6) is 0 Å². The van der Waals surface area contributed by atoms with Gasteiger partial charge in [-0.25, -0.2) is 0 Å². The van der Waals surface area contributed by atoms with Crippen molar-refractivity contribution in [2.45, 2.75) is 15.2 Å². The van der Waals surface area contributed by atoms with E-state index in [2.05, 4.69) is 240 Å². The molecular formula is C63H38N2S2. The first kappa shape index (κ1) is 37.3. The molecule has 0 fully saturated rings. The number of hydrogen-bond donors (Lipinski definition) is 0. The summed E-state index contributed by atoms with van der Waals surface area (Å²) in [6.45, 7) is 0. The summed E-state index contributed by atoms with van der Waals surface area (Å²) < 4.78 is 5.05. The van der Waals surface area contributed by atoms with Gasteiger partial charge in [-0.15, -0.1) is 11.3 Å². The largest absolute Gasteiger partial charge is 0.310 e. The van der Waals surface area contributed by atoms with Crippen LogP contribution < -0.4 is 4.90 Å². The first-order valence-corrected chi connectivity index (χ1v) is 24.6. The lowest BCUT2D eigenvalue weighted by atomic mass is 9.59. The molecule has 2 nitrogen and oxygen atoms in total. The van der Waals surface area contributed by atoms with E-state index < -0.39 is 5.41 Å². The number of rotatable bonds is 4. The smallest absolute Gasteiger partial charge is 0.0736 e. The Bertz CT molecular complexity index is 4170. The molecule has 0 N–H and O–H groups in total. The molecule has 0 radical (unpaired) electrons. The Morgan fingerprint density at radius 3 is 1.85 bits per heavy atom. The summed E-state index contributed by atoms with van der Waals surface area (Å²) >= 11 is 3.77. The molecule has 15 rings (SSSR count). The first-order chi connectivity index (χ1) is 33.2. The van der Waals surface area contributed by atoms with Crippen molar-refractivity contribution in [3.63, 3.8) is 0 Å². The van der Waals surface area contributed by atoms with Crippen LogP contribution in [0.25, 0.3) is 80.3 Å². The van der Waals surface area contributed by atoms with Crippen LogP contribution in [-0.4, -0.2) is 4.57 Å². The molecule has 1 aliphatic carbocycles. The molecule has 67 heavy (non-hydrogen) atoms. The van der Waals surface area contributed by atoms with Crippen molar-refractivity contribution in [1.29, 1.82) is 0 Å². The number of nitrogens with zero attached hydrogens (tertiary/aromatic N) is 2. The average Bonchev–Trinajstić information content (AvgIpc) is 3.93. The number of anilines is 3. The fraction of sp³-hybridized carbons (Fsp3) is 0.0159. The van der Waals surface area contributed by atoms with Crippen LogP contribution in [0, 0.1) is 0 Å². The van der Waals surface area contributed by atoms with E-state index in [0.717, 1.165) is 17.1 Å². The van der Waals surface area contributed by atoms with Crippen LogP contribution in [-0.2, 0) is 5.41 Å². The van der Waals surface area contributed by atoms with Gasteiger partial charge in [-0.05, 0) is 116 Å². The molecule has 0 atom stereocenters. The highest BCUT2D eigenvalue weighted by atomic mass is 32.2. The van der Waals surface area contributed by atoms with E-state index in [0.29, 0.717) is 0 Å². The Balaban J connectivity index is 1.07. The quantitative estimate of drug-likeness (QED) is 0.174. The van der Waals surface area contributed by atoms with Gasteiger partial charge in [-0.1, -0.05) is 176 Å². The second kappa shape index (κ2) is 14.1. The van der Waals surface area contributed by atoms with Crippen LogP contribution in [0.3, 0.4) is 0 Å². The molecule has 0 saturated carbocycles. The standard InChI is InChI=1S/C63H38N2S2/c1-2-19-43-39(15-1)16-13-27-53(43)65-54-26-7-3-20-45(54)46-36-34-42(38-56(46)65)64(55-28-14-32-60-62(55)48-21-4-8-29-57(48)66-60)41-33-35-44-47-22-11-17-40-18-12-25-51(61(40)47)63(52(44)37-41)49-23-5-9-30-58(49)67-59-31-10-6-24-50(59)63/h1-38H. The number of aromatic nitrogens is 1. The van der Waals surface area contributed by atoms with Crippen molar-refractivity contribution >= 4 is 104 Å². The Morgan fingerprint density at radius 1 is 0.373 bits per heavy atom. The molecular weight excluding hydrogens is 849 g/mol. The highest BCUT2D eigenvalue weighted by molar-refractivity contribution is 7.99. The summed E-state index contributed by atoms with van der Waals surface area (Å²) in [6.07, 6.45) is 0. The van der Waals surface area contributed by atoms with Gasteiger partial charge in [0, 0.05) is 57.5 Å². The molecule has 2 aromatic heterocycles. The van der Waals surface area contributed by atoms with Crippen molar-refractivity contribution in [2.75, 3.05) is 4.90 Å². The molecule has 2 aliphatic rings. The Kier molecular flexibility index (Phi) is 7.84. The molecule has 0 unspecified atom stereocenters. The highest BCUT2D eigenvalue weighted by Crippen LogP contribution is 2.62. The Morgan fingerprint density at radius 2 is 0.985 bits per heavy atom. The van der Waals surface area contributed by atoms with Gasteiger partial charge in [-0.3, -0.25) is 0 Å². The van der Waals surface area contributed by atoms with E-state index in [4.69, 9.17) is 0 Å². The van der Waals surface area contributed by atoms with Gasteiger partial charge in [0.05, 0.1) is 27.8 Å². The second-order valence-corrected chi connectivity index (χ2v) is 20.1. The summed E-state index contributed by atoms with van der Waals surface area (Å²) in [5.74, 6) is 0. The van der Waals surface area contributed by atoms with Crippen LogP contribution in [0.2, 0.25) is 0 Å². The summed E-state index contributed by atoms with van der Waals surface area (Å²) in [5.41, 5.74) is 14.2. The molecule has 4 heteroatoms. The van der Waals surface area contributed by atoms with E-state index in [1.54, 1.807) is 0 Å². The van der Waals surface area contributed by atoms with Gasteiger partial charge in [-0.2, -0.15) is 0 Å². The third-order valence-electron chi connectivity index (χ3n) is 14.6. The predicted molar refractivity (Wildman–Crippen MR) is 285 cm³/mol. The fourth-order valence-electron chi connectivity index (χ4n) is 11.9. The lowest BCUT2D eigenvalue weighted by Gasteiger charge is -2.46. The molecule has 11 aromatic carbocycles. The SMILES string of the molecule is c1ccc2c(c1)Sc1ccccc1C21c2cc(N(c3ccc4c5ccccc5n(-c5cccc6ccccc56)c4c3)c3cccc4sc5ccccc5c34)ccc2-c2cccc3cccc1c23. The minimum absolute atomic E-state index is 0.574. The zero-order valence-corrected chi connectivity index (χ0v) is 37.8. The summed E-state index contributed by atoms with van der Waals surface area (Å²) in [6, 6.07) is 86.7. The van der Waals surface area contributed by atoms with Crippen molar-refractivity contribution in [3.05, 3.63) is 253 Å². The maximum atomic E-state index is 2.55. The monoisotopic (exact) mass is 886 g/mol. The van der Waals surface area contributed by atoms with Crippen LogP contribution in [0.4, 0.5) is 17.1 Å². The van der Waals surface area contributed by atoms with E-state index in [9.17, 15) is 0 Å². The van der Waals surface area contributed by atoms with Crippen LogP contribution in [0.1, 0.15) is 22.3 Å². The number of para-hydroxylation sites is 1. The number of hydrogen-bond acceptors (Lipinski definition) is 3. The third-order valence-corrected chi connectivity index (χ3v) is 16.9. The molecule has 0 bridgehead atoms. The number of fused-ring (bicyclic) bond motifs is 15. The summed E-state index contributed by atoms with van der Waals surface area (Å²) in [7, 11) is 0. The van der Waals surface area contributed by atoms with Crippen molar-refractivity contribution < 1.29 is 0 Å². The van der Waals surface area contributed by atoms with Crippen LogP contribution in [0.15, 0.2) is 240 Å². The van der Waals surface area contributed by atoms with Crippen molar-refractivity contribution in [2.24, 2.45) is 0 Å². The highest BCUT2D eigenvalue weighted by Gasteiger charge is 2.48. The topological polar surface area (TPSA) is 8.17 Å². The summed E-state index contributed by atoms with van der Waals surface area (Å²) in [4.78, 5) is 5.15. The minimum atomic E-state index is -0.574.